The van der Waals surface area contributed by atoms with Crippen molar-refractivity contribution in [3.05, 3.63) is 64.2 Å². The van der Waals surface area contributed by atoms with Gasteiger partial charge in [-0.2, -0.15) is 0 Å². The number of carbonyl (C=O) groups excluding carboxylic acids is 1. The van der Waals surface area contributed by atoms with Crippen molar-refractivity contribution in [1.29, 1.82) is 0 Å². The highest BCUT2D eigenvalue weighted by atomic mass is 35.5. The summed E-state index contributed by atoms with van der Waals surface area (Å²) in [6, 6.07) is 13.1. The first-order valence-electron chi connectivity index (χ1n) is 8.23. The highest BCUT2D eigenvalue weighted by molar-refractivity contribution is 6.32. The Morgan fingerprint density at radius 2 is 1.92 bits per heavy atom. The zero-order valence-corrected chi connectivity index (χ0v) is 14.2. The SMILES string of the molecule is O=C(NCCOc1c(Cl)ccc2c1CCNCC2)c1ccccc1. The number of rotatable bonds is 5. The van der Waals surface area contributed by atoms with E-state index in [-0.39, 0.29) is 5.91 Å². The number of carbonyl (C=O) groups is 1. The summed E-state index contributed by atoms with van der Waals surface area (Å²) in [6.45, 7) is 2.73. The van der Waals surface area contributed by atoms with Crippen LogP contribution in [-0.2, 0) is 12.8 Å². The number of hydrogen-bond acceptors (Lipinski definition) is 3. The first-order chi connectivity index (χ1) is 11.8. The second kappa shape index (κ2) is 8.18. The van der Waals surface area contributed by atoms with E-state index in [4.69, 9.17) is 16.3 Å². The predicted molar refractivity (Wildman–Crippen MR) is 96.0 cm³/mol. The lowest BCUT2D eigenvalue weighted by Crippen LogP contribution is -2.28. The molecule has 0 radical (unpaired) electrons. The molecule has 0 saturated heterocycles. The van der Waals surface area contributed by atoms with Crippen molar-refractivity contribution in [2.45, 2.75) is 12.8 Å². The third-order valence-electron chi connectivity index (χ3n) is 4.10. The molecule has 1 aliphatic rings. The van der Waals surface area contributed by atoms with Crippen molar-refractivity contribution in [3.8, 4) is 5.75 Å². The van der Waals surface area contributed by atoms with Crippen molar-refractivity contribution in [2.24, 2.45) is 0 Å². The zero-order valence-electron chi connectivity index (χ0n) is 13.5. The summed E-state index contributed by atoms with van der Waals surface area (Å²) in [5.74, 6) is 0.660. The maximum atomic E-state index is 12.0. The lowest BCUT2D eigenvalue weighted by atomic mass is 10.0. The molecule has 0 aromatic heterocycles. The molecule has 1 aliphatic heterocycles. The van der Waals surface area contributed by atoms with E-state index in [1.54, 1.807) is 12.1 Å². The third-order valence-corrected chi connectivity index (χ3v) is 4.40. The summed E-state index contributed by atoms with van der Waals surface area (Å²) in [7, 11) is 0. The first-order valence-corrected chi connectivity index (χ1v) is 8.60. The van der Waals surface area contributed by atoms with Gasteiger partial charge in [-0.05, 0) is 49.7 Å². The topological polar surface area (TPSA) is 50.4 Å². The quantitative estimate of drug-likeness (QED) is 0.820. The van der Waals surface area contributed by atoms with Crippen LogP contribution in [0.4, 0.5) is 0 Å². The zero-order chi connectivity index (χ0) is 16.8. The average molecular weight is 345 g/mol. The summed E-state index contributed by atoms with van der Waals surface area (Å²) in [6.07, 6.45) is 1.88. The molecule has 5 heteroatoms. The van der Waals surface area contributed by atoms with Crippen LogP contribution in [-0.4, -0.2) is 32.1 Å². The second-order valence-electron chi connectivity index (χ2n) is 5.73. The van der Waals surface area contributed by atoms with Crippen molar-refractivity contribution < 1.29 is 9.53 Å². The van der Waals surface area contributed by atoms with Gasteiger partial charge in [0.25, 0.3) is 5.91 Å². The second-order valence-corrected chi connectivity index (χ2v) is 6.14. The summed E-state index contributed by atoms with van der Waals surface area (Å²) >= 11 is 6.32. The van der Waals surface area contributed by atoms with Crippen LogP contribution in [0.5, 0.6) is 5.75 Å². The van der Waals surface area contributed by atoms with E-state index in [1.165, 1.54) is 11.1 Å². The van der Waals surface area contributed by atoms with Gasteiger partial charge in [0.15, 0.2) is 0 Å². The smallest absolute Gasteiger partial charge is 0.251 e. The van der Waals surface area contributed by atoms with E-state index in [0.717, 1.165) is 31.7 Å². The number of nitrogens with one attached hydrogen (secondary N) is 2. The Morgan fingerprint density at radius 3 is 2.75 bits per heavy atom. The normalized spacial score (nSPS) is 13.7. The fourth-order valence-electron chi connectivity index (χ4n) is 2.88. The van der Waals surface area contributed by atoms with Gasteiger partial charge in [0.2, 0.25) is 0 Å². The maximum Gasteiger partial charge on any atom is 0.251 e. The molecule has 2 aromatic rings. The summed E-state index contributed by atoms with van der Waals surface area (Å²) in [5.41, 5.74) is 3.12. The van der Waals surface area contributed by atoms with Crippen LogP contribution >= 0.6 is 11.6 Å². The third kappa shape index (κ3) is 4.08. The Morgan fingerprint density at radius 1 is 1.12 bits per heavy atom. The Kier molecular flexibility index (Phi) is 5.72. The molecule has 0 bridgehead atoms. The van der Waals surface area contributed by atoms with Crippen molar-refractivity contribution in [2.75, 3.05) is 26.2 Å². The van der Waals surface area contributed by atoms with Gasteiger partial charge in [0.05, 0.1) is 11.6 Å². The molecular weight excluding hydrogens is 324 g/mol. The minimum atomic E-state index is -0.0959. The lowest BCUT2D eigenvalue weighted by molar-refractivity contribution is 0.0947. The molecule has 24 heavy (non-hydrogen) atoms. The van der Waals surface area contributed by atoms with Crippen molar-refractivity contribution in [1.82, 2.24) is 10.6 Å². The van der Waals surface area contributed by atoms with E-state index in [2.05, 4.69) is 16.7 Å². The van der Waals surface area contributed by atoms with Crippen LogP contribution in [0.2, 0.25) is 5.02 Å². The molecule has 126 valence electrons. The van der Waals surface area contributed by atoms with Gasteiger partial charge in [0, 0.05) is 11.1 Å². The summed E-state index contributed by atoms with van der Waals surface area (Å²) in [4.78, 5) is 12.0. The van der Waals surface area contributed by atoms with Gasteiger partial charge in [0.1, 0.15) is 12.4 Å². The molecule has 4 nitrogen and oxygen atoms in total. The monoisotopic (exact) mass is 344 g/mol. The molecule has 0 saturated carbocycles. The molecule has 3 rings (SSSR count). The molecule has 1 heterocycles. The molecule has 2 aromatic carbocycles. The standard InChI is InChI=1S/C19H21ClN2O2/c20-17-7-6-14-8-10-21-11-9-16(14)18(17)24-13-12-22-19(23)15-4-2-1-3-5-15/h1-7,21H,8-13H2,(H,22,23). The van der Waals surface area contributed by atoms with E-state index in [9.17, 15) is 4.79 Å². The van der Waals surface area contributed by atoms with Gasteiger partial charge < -0.3 is 15.4 Å². The van der Waals surface area contributed by atoms with E-state index >= 15 is 0 Å². The number of benzene rings is 2. The molecular formula is C19H21ClN2O2. The van der Waals surface area contributed by atoms with Gasteiger partial charge in [-0.1, -0.05) is 35.9 Å². The molecule has 0 unspecified atom stereocenters. The number of ether oxygens (including phenoxy) is 1. The Balaban J connectivity index is 1.58. The number of fused-ring (bicyclic) bond motifs is 1. The Hall–Kier alpha value is -2.04. The highest BCUT2D eigenvalue weighted by Gasteiger charge is 2.16. The fourth-order valence-corrected chi connectivity index (χ4v) is 3.11. The van der Waals surface area contributed by atoms with Crippen LogP contribution in [0.25, 0.3) is 0 Å². The van der Waals surface area contributed by atoms with Crippen LogP contribution in [0.3, 0.4) is 0 Å². The molecule has 0 atom stereocenters. The number of halogens is 1. The summed E-state index contributed by atoms with van der Waals surface area (Å²) in [5, 5.41) is 6.88. The van der Waals surface area contributed by atoms with Crippen molar-refractivity contribution in [3.63, 3.8) is 0 Å². The molecule has 0 spiro atoms. The maximum absolute atomic E-state index is 12.0. The average Bonchev–Trinajstić information content (AvgIpc) is 2.86. The predicted octanol–water partition coefficient (Wildman–Crippen LogP) is 2.84. The lowest BCUT2D eigenvalue weighted by Gasteiger charge is -2.15. The van der Waals surface area contributed by atoms with Crippen LogP contribution in [0.15, 0.2) is 42.5 Å². The first kappa shape index (κ1) is 16.8. The number of amides is 1. The van der Waals surface area contributed by atoms with Gasteiger partial charge >= 0.3 is 0 Å². The van der Waals surface area contributed by atoms with Gasteiger partial charge in [-0.25, -0.2) is 0 Å². The summed E-state index contributed by atoms with van der Waals surface area (Å²) < 4.78 is 5.90. The molecule has 2 N–H and O–H groups in total. The van der Waals surface area contributed by atoms with Crippen molar-refractivity contribution >= 4 is 17.5 Å². The largest absolute Gasteiger partial charge is 0.490 e. The fraction of sp³-hybridized carbons (Fsp3) is 0.316. The Labute approximate surface area is 147 Å². The molecule has 1 amide bonds. The molecule has 0 fully saturated rings. The van der Waals surface area contributed by atoms with Crippen LogP contribution < -0.4 is 15.4 Å². The minimum Gasteiger partial charge on any atom is -0.490 e. The number of hydrogen-bond donors (Lipinski definition) is 2. The van der Waals surface area contributed by atoms with E-state index < -0.39 is 0 Å². The van der Waals surface area contributed by atoms with Gasteiger partial charge in [-0.3, -0.25) is 4.79 Å². The highest BCUT2D eigenvalue weighted by Crippen LogP contribution is 2.32. The van der Waals surface area contributed by atoms with Crippen LogP contribution in [0, 0.1) is 0 Å². The minimum absolute atomic E-state index is 0.0959. The van der Waals surface area contributed by atoms with Gasteiger partial charge in [-0.15, -0.1) is 0 Å². The van der Waals surface area contributed by atoms with E-state index in [1.807, 2.05) is 24.3 Å². The Bertz CT molecular complexity index is 704. The van der Waals surface area contributed by atoms with Crippen LogP contribution in [0.1, 0.15) is 21.5 Å². The molecule has 0 aliphatic carbocycles. The van der Waals surface area contributed by atoms with E-state index in [0.29, 0.717) is 23.7 Å².